The highest BCUT2D eigenvalue weighted by Crippen LogP contribution is 2.17. The fourth-order valence-electron chi connectivity index (χ4n) is 1.41. The lowest BCUT2D eigenvalue weighted by Gasteiger charge is -2.07. The van der Waals surface area contributed by atoms with Gasteiger partial charge in [-0.05, 0) is 42.9 Å². The Morgan fingerprint density at radius 3 is 2.80 bits per heavy atom. The molecule has 0 saturated carbocycles. The highest BCUT2D eigenvalue weighted by atomic mass is 32.1. The maximum atomic E-state index is 12.9. The molecule has 2 aromatic rings. The summed E-state index contributed by atoms with van der Waals surface area (Å²) in [6.07, 6.45) is 0. The normalized spacial score (nSPS) is 10.5. The van der Waals surface area contributed by atoms with Crippen LogP contribution in [0.3, 0.4) is 0 Å². The van der Waals surface area contributed by atoms with Gasteiger partial charge in [-0.25, -0.2) is 9.49 Å². The van der Waals surface area contributed by atoms with Crippen LogP contribution < -0.4 is 5.73 Å². The first kappa shape index (κ1) is 9.85. The molecule has 15 heavy (non-hydrogen) atoms. The Balaban J connectivity index is 2.69. The van der Waals surface area contributed by atoms with Crippen LogP contribution in [0.15, 0.2) is 18.2 Å². The number of nitrogens with zero attached hydrogens (tertiary/aromatic N) is 2. The van der Waals surface area contributed by atoms with Gasteiger partial charge in [0.2, 0.25) is 10.7 Å². The largest absolute Gasteiger partial charge is 0.368 e. The summed E-state index contributed by atoms with van der Waals surface area (Å²) in [6.45, 7) is 1.78. The molecule has 78 valence electrons. The number of nitrogens with one attached hydrogen (secondary N) is 1. The number of anilines is 1. The molecule has 0 aliphatic rings. The molecule has 0 amide bonds. The molecule has 2 rings (SSSR count). The zero-order chi connectivity index (χ0) is 11.0. The van der Waals surface area contributed by atoms with Crippen LogP contribution in [0.25, 0.3) is 5.69 Å². The predicted molar refractivity (Wildman–Crippen MR) is 57.9 cm³/mol. The molecule has 4 nitrogen and oxygen atoms in total. The van der Waals surface area contributed by atoms with Crippen molar-refractivity contribution < 1.29 is 4.39 Å². The van der Waals surface area contributed by atoms with Gasteiger partial charge < -0.3 is 5.73 Å². The van der Waals surface area contributed by atoms with Crippen molar-refractivity contribution in [2.45, 2.75) is 6.92 Å². The number of halogens is 1. The fraction of sp³-hybridized carbons (Fsp3) is 0.111. The maximum absolute atomic E-state index is 12.9. The molecule has 6 heteroatoms. The van der Waals surface area contributed by atoms with Gasteiger partial charge in [-0.1, -0.05) is 0 Å². The molecule has 0 atom stereocenters. The van der Waals surface area contributed by atoms with Crippen molar-refractivity contribution in [3.63, 3.8) is 0 Å². The lowest BCUT2D eigenvalue weighted by Crippen LogP contribution is -2.02. The van der Waals surface area contributed by atoms with Crippen LogP contribution in [0.2, 0.25) is 0 Å². The number of aromatic nitrogens is 3. The molecule has 0 unspecified atom stereocenters. The van der Waals surface area contributed by atoms with Gasteiger partial charge in [-0.15, -0.1) is 5.10 Å². The summed E-state index contributed by atoms with van der Waals surface area (Å²) < 4.78 is 14.9. The topological polar surface area (TPSA) is 59.6 Å². The lowest BCUT2D eigenvalue weighted by molar-refractivity contribution is 0.626. The number of nitrogen functional groups attached to an aromatic ring is 1. The maximum Gasteiger partial charge on any atom is 0.225 e. The van der Waals surface area contributed by atoms with Crippen LogP contribution in [-0.4, -0.2) is 14.8 Å². The van der Waals surface area contributed by atoms with E-state index in [0.29, 0.717) is 4.77 Å². The highest BCUT2D eigenvalue weighted by molar-refractivity contribution is 7.71. The van der Waals surface area contributed by atoms with Crippen LogP contribution >= 0.6 is 12.2 Å². The molecule has 0 fully saturated rings. The molecular formula is C9H9FN4S. The van der Waals surface area contributed by atoms with E-state index in [-0.39, 0.29) is 11.8 Å². The number of nitrogens with two attached hydrogens (primary N) is 1. The van der Waals surface area contributed by atoms with Gasteiger partial charge in [0.15, 0.2) is 0 Å². The summed E-state index contributed by atoms with van der Waals surface area (Å²) in [6, 6.07) is 4.40. The van der Waals surface area contributed by atoms with E-state index in [1.807, 2.05) is 0 Å². The van der Waals surface area contributed by atoms with Crippen molar-refractivity contribution in [2.24, 2.45) is 0 Å². The van der Waals surface area contributed by atoms with E-state index in [1.54, 1.807) is 17.6 Å². The molecule has 0 saturated heterocycles. The molecule has 0 spiro atoms. The number of rotatable bonds is 1. The van der Waals surface area contributed by atoms with Gasteiger partial charge in [-0.3, -0.25) is 4.57 Å². The molecule has 1 heterocycles. The highest BCUT2D eigenvalue weighted by Gasteiger charge is 2.07. The van der Waals surface area contributed by atoms with Crippen molar-refractivity contribution in [1.82, 2.24) is 14.8 Å². The standard InChI is InChI=1S/C9H9FN4S/c1-5-4-6(10)2-3-7(5)14-8(11)12-13-9(14)15/h2-4H,1H3,(H2,11,12)(H,13,15). The number of hydrogen-bond donors (Lipinski definition) is 2. The number of aryl methyl sites for hydroxylation is 1. The van der Waals surface area contributed by atoms with E-state index in [1.165, 1.54) is 12.1 Å². The van der Waals surface area contributed by atoms with Gasteiger partial charge in [0.1, 0.15) is 5.82 Å². The van der Waals surface area contributed by atoms with E-state index in [0.717, 1.165) is 11.3 Å². The number of benzene rings is 1. The monoisotopic (exact) mass is 224 g/mol. The van der Waals surface area contributed by atoms with Crippen molar-refractivity contribution >= 4 is 18.2 Å². The second-order valence-corrected chi connectivity index (χ2v) is 3.54. The molecule has 0 bridgehead atoms. The second kappa shape index (κ2) is 3.47. The summed E-state index contributed by atoms with van der Waals surface area (Å²) in [5, 5.41) is 6.36. The van der Waals surface area contributed by atoms with Crippen molar-refractivity contribution in [3.8, 4) is 5.69 Å². The zero-order valence-electron chi connectivity index (χ0n) is 7.99. The number of hydrogen-bond acceptors (Lipinski definition) is 3. The number of H-pyrrole nitrogens is 1. The Morgan fingerprint density at radius 2 is 2.27 bits per heavy atom. The predicted octanol–water partition coefficient (Wildman–Crippen LogP) is 1.96. The third kappa shape index (κ3) is 1.63. The average molecular weight is 224 g/mol. The summed E-state index contributed by atoms with van der Waals surface area (Å²) in [4.78, 5) is 0. The van der Waals surface area contributed by atoms with Crippen LogP contribution in [0.5, 0.6) is 0 Å². The minimum atomic E-state index is -0.287. The van der Waals surface area contributed by atoms with E-state index in [2.05, 4.69) is 10.2 Å². The summed E-state index contributed by atoms with van der Waals surface area (Å²) in [7, 11) is 0. The minimum Gasteiger partial charge on any atom is -0.368 e. The van der Waals surface area contributed by atoms with Crippen molar-refractivity contribution in [3.05, 3.63) is 34.4 Å². The van der Waals surface area contributed by atoms with Gasteiger partial charge >= 0.3 is 0 Å². The van der Waals surface area contributed by atoms with E-state index >= 15 is 0 Å². The first-order chi connectivity index (χ1) is 7.09. The minimum absolute atomic E-state index is 0.259. The first-order valence-electron chi connectivity index (χ1n) is 4.29. The van der Waals surface area contributed by atoms with E-state index in [9.17, 15) is 4.39 Å². The van der Waals surface area contributed by atoms with Gasteiger partial charge in [0.05, 0.1) is 5.69 Å². The van der Waals surface area contributed by atoms with Crippen LogP contribution in [0.1, 0.15) is 5.56 Å². The molecule has 1 aromatic carbocycles. The Labute approximate surface area is 90.5 Å². The van der Waals surface area contributed by atoms with Crippen LogP contribution in [-0.2, 0) is 0 Å². The Bertz CT molecular complexity index is 557. The smallest absolute Gasteiger partial charge is 0.225 e. The molecule has 0 radical (unpaired) electrons. The molecule has 0 aliphatic heterocycles. The van der Waals surface area contributed by atoms with E-state index in [4.69, 9.17) is 18.0 Å². The van der Waals surface area contributed by atoms with Gasteiger partial charge in [0, 0.05) is 0 Å². The summed E-state index contributed by atoms with van der Waals surface area (Å²) in [5.74, 6) is -0.0282. The third-order valence-corrected chi connectivity index (χ3v) is 2.37. The molecular weight excluding hydrogens is 215 g/mol. The van der Waals surface area contributed by atoms with Crippen molar-refractivity contribution in [2.75, 3.05) is 5.73 Å². The quantitative estimate of drug-likeness (QED) is 0.728. The second-order valence-electron chi connectivity index (χ2n) is 3.15. The Morgan fingerprint density at radius 1 is 1.53 bits per heavy atom. The van der Waals surface area contributed by atoms with Crippen LogP contribution in [0, 0.1) is 17.5 Å². The Kier molecular flexibility index (Phi) is 2.28. The Hall–Kier alpha value is -1.69. The number of aromatic amines is 1. The zero-order valence-corrected chi connectivity index (χ0v) is 8.81. The molecule has 3 N–H and O–H groups in total. The van der Waals surface area contributed by atoms with Crippen LogP contribution in [0.4, 0.5) is 10.3 Å². The fourth-order valence-corrected chi connectivity index (χ4v) is 1.65. The van der Waals surface area contributed by atoms with Gasteiger partial charge in [0.25, 0.3) is 0 Å². The lowest BCUT2D eigenvalue weighted by atomic mass is 10.2. The van der Waals surface area contributed by atoms with E-state index < -0.39 is 0 Å². The van der Waals surface area contributed by atoms with Crippen molar-refractivity contribution in [1.29, 1.82) is 0 Å². The summed E-state index contributed by atoms with van der Waals surface area (Å²) in [5.41, 5.74) is 7.12. The average Bonchev–Trinajstić information content (AvgIpc) is 2.48. The van der Waals surface area contributed by atoms with Gasteiger partial charge in [-0.2, -0.15) is 0 Å². The first-order valence-corrected chi connectivity index (χ1v) is 4.70. The SMILES string of the molecule is Cc1cc(F)ccc1-n1c(N)n[nH]c1=S. The molecule has 1 aromatic heterocycles. The summed E-state index contributed by atoms with van der Waals surface area (Å²) >= 11 is 5.02. The molecule has 0 aliphatic carbocycles. The third-order valence-electron chi connectivity index (χ3n) is 2.10.